The molecule has 1 fully saturated rings. The molecule has 9 heteroatoms. The van der Waals surface area contributed by atoms with E-state index < -0.39 is 29.9 Å². The van der Waals surface area contributed by atoms with E-state index in [1.54, 1.807) is 12.1 Å². The SMILES string of the molecule is CC[C@@H]1[C@H](F)C(=O)N[C@@H]1COc1ncc(Br)c2cc(C(N)=O)c(OC)cc12. The Hall–Kier alpha value is -2.42. The smallest absolute Gasteiger partial charge is 0.255 e. The van der Waals surface area contributed by atoms with Gasteiger partial charge in [-0.3, -0.25) is 9.59 Å². The molecule has 0 radical (unpaired) electrons. The second-order valence-electron chi connectivity index (χ2n) is 6.27. The number of carbonyl (C=O) groups excluding carboxylic acids is 2. The van der Waals surface area contributed by atoms with Crippen LogP contribution < -0.4 is 20.5 Å². The van der Waals surface area contributed by atoms with Crippen LogP contribution in [0, 0.1) is 5.92 Å². The number of benzene rings is 1. The van der Waals surface area contributed by atoms with E-state index in [9.17, 15) is 14.0 Å². The standard InChI is InChI=1S/C18H19BrFN3O4/c1-3-8-13(23-17(25)15(8)20)7-27-18-10-5-14(26-2)11(16(21)24)4-9(10)12(19)6-22-18/h4-6,8,13,15H,3,7H2,1-2H3,(H2,21,24)(H,23,25)/t8-,13+,15-/m0/s1. The van der Waals surface area contributed by atoms with Crippen molar-refractivity contribution in [2.24, 2.45) is 11.7 Å². The number of primary amides is 1. The molecule has 0 spiro atoms. The lowest BCUT2D eigenvalue weighted by molar-refractivity contribution is -0.123. The Morgan fingerprint density at radius 2 is 2.15 bits per heavy atom. The topological polar surface area (TPSA) is 104 Å². The van der Waals surface area contributed by atoms with Crippen LogP contribution in [0.4, 0.5) is 4.39 Å². The lowest BCUT2D eigenvalue weighted by Gasteiger charge is -2.19. The van der Waals surface area contributed by atoms with Crippen LogP contribution >= 0.6 is 15.9 Å². The normalized spacial score (nSPS) is 21.9. The summed E-state index contributed by atoms with van der Waals surface area (Å²) in [5, 5.41) is 3.88. The first kappa shape index (κ1) is 19.3. The van der Waals surface area contributed by atoms with Crippen LogP contribution in [0.1, 0.15) is 23.7 Å². The molecule has 2 aromatic rings. The lowest BCUT2D eigenvalue weighted by atomic mass is 9.97. The van der Waals surface area contributed by atoms with Gasteiger partial charge in [-0.1, -0.05) is 6.92 Å². The number of nitrogens with two attached hydrogens (primary N) is 1. The first-order valence-electron chi connectivity index (χ1n) is 8.40. The summed E-state index contributed by atoms with van der Waals surface area (Å²) >= 11 is 3.40. The van der Waals surface area contributed by atoms with Gasteiger partial charge < -0.3 is 20.5 Å². The molecule has 1 aliphatic heterocycles. The summed E-state index contributed by atoms with van der Waals surface area (Å²) in [6, 6.07) is 2.77. The van der Waals surface area contributed by atoms with Gasteiger partial charge in [0.05, 0.1) is 18.7 Å². The second-order valence-corrected chi connectivity index (χ2v) is 7.13. The van der Waals surface area contributed by atoms with Crippen LogP contribution in [0.15, 0.2) is 22.8 Å². The van der Waals surface area contributed by atoms with Crippen molar-refractivity contribution in [2.75, 3.05) is 13.7 Å². The molecule has 1 aliphatic rings. The lowest BCUT2D eigenvalue weighted by Crippen LogP contribution is -2.34. The number of rotatable bonds is 6. The summed E-state index contributed by atoms with van der Waals surface area (Å²) in [5.74, 6) is -1.10. The van der Waals surface area contributed by atoms with E-state index in [0.717, 1.165) is 0 Å². The fourth-order valence-corrected chi connectivity index (χ4v) is 3.71. The highest BCUT2D eigenvalue weighted by molar-refractivity contribution is 9.10. The maximum Gasteiger partial charge on any atom is 0.255 e. The summed E-state index contributed by atoms with van der Waals surface area (Å²) in [6.07, 6.45) is 0.520. The van der Waals surface area contributed by atoms with Crippen molar-refractivity contribution in [3.63, 3.8) is 0 Å². The Bertz CT molecular complexity index is 908. The van der Waals surface area contributed by atoms with Gasteiger partial charge in [-0.2, -0.15) is 0 Å². The van der Waals surface area contributed by atoms with Gasteiger partial charge in [0.25, 0.3) is 11.8 Å². The maximum absolute atomic E-state index is 13.9. The third kappa shape index (κ3) is 3.55. The van der Waals surface area contributed by atoms with Gasteiger partial charge in [-0.25, -0.2) is 9.37 Å². The van der Waals surface area contributed by atoms with E-state index in [1.165, 1.54) is 13.3 Å². The van der Waals surface area contributed by atoms with Crippen molar-refractivity contribution in [3.05, 3.63) is 28.4 Å². The number of nitrogens with zero attached hydrogens (tertiary/aromatic N) is 1. The van der Waals surface area contributed by atoms with E-state index >= 15 is 0 Å². The van der Waals surface area contributed by atoms with Crippen molar-refractivity contribution >= 4 is 38.5 Å². The summed E-state index contributed by atoms with van der Waals surface area (Å²) in [7, 11) is 1.43. The average molecular weight is 440 g/mol. The van der Waals surface area contributed by atoms with Crippen LogP contribution in [0.2, 0.25) is 0 Å². The van der Waals surface area contributed by atoms with Gasteiger partial charge in [0.15, 0.2) is 6.17 Å². The molecule has 3 N–H and O–H groups in total. The van der Waals surface area contributed by atoms with Crippen molar-refractivity contribution in [1.82, 2.24) is 10.3 Å². The van der Waals surface area contributed by atoms with Crippen LogP contribution in [-0.4, -0.2) is 42.7 Å². The fourth-order valence-electron chi connectivity index (χ4n) is 3.28. The molecular formula is C18H19BrFN3O4. The van der Waals surface area contributed by atoms with Crippen molar-refractivity contribution < 1.29 is 23.5 Å². The van der Waals surface area contributed by atoms with Crippen molar-refractivity contribution in [1.29, 1.82) is 0 Å². The number of nitrogens with one attached hydrogen (secondary N) is 1. The highest BCUT2D eigenvalue weighted by atomic mass is 79.9. The molecule has 1 aromatic heterocycles. The van der Waals surface area contributed by atoms with E-state index in [4.69, 9.17) is 15.2 Å². The largest absolute Gasteiger partial charge is 0.496 e. The molecule has 0 aliphatic carbocycles. The number of hydrogen-bond acceptors (Lipinski definition) is 5. The molecule has 144 valence electrons. The highest BCUT2D eigenvalue weighted by Crippen LogP contribution is 2.35. The molecule has 2 amide bonds. The number of carbonyl (C=O) groups is 2. The quantitative estimate of drug-likeness (QED) is 0.718. The summed E-state index contributed by atoms with van der Waals surface area (Å²) in [6.45, 7) is 1.91. The van der Waals surface area contributed by atoms with Crippen LogP contribution in [0.5, 0.6) is 11.6 Å². The molecule has 3 atom stereocenters. The number of hydrogen-bond donors (Lipinski definition) is 2. The number of methoxy groups -OCH3 is 1. The van der Waals surface area contributed by atoms with Gasteiger partial charge in [-0.15, -0.1) is 0 Å². The minimum absolute atomic E-state index is 0.0777. The maximum atomic E-state index is 13.9. The minimum atomic E-state index is -1.53. The monoisotopic (exact) mass is 439 g/mol. The van der Waals surface area contributed by atoms with Gasteiger partial charge in [0.2, 0.25) is 5.88 Å². The Morgan fingerprint density at radius 3 is 2.78 bits per heavy atom. The van der Waals surface area contributed by atoms with Gasteiger partial charge in [0, 0.05) is 27.4 Å². The van der Waals surface area contributed by atoms with E-state index in [-0.39, 0.29) is 18.1 Å². The molecule has 0 bridgehead atoms. The van der Waals surface area contributed by atoms with Crippen LogP contribution in [0.3, 0.4) is 0 Å². The van der Waals surface area contributed by atoms with E-state index in [2.05, 4.69) is 26.2 Å². The number of amides is 2. The van der Waals surface area contributed by atoms with Gasteiger partial charge in [-0.05, 0) is 34.5 Å². The molecule has 2 heterocycles. The Labute approximate surface area is 163 Å². The minimum Gasteiger partial charge on any atom is -0.496 e. The first-order chi connectivity index (χ1) is 12.9. The molecule has 7 nitrogen and oxygen atoms in total. The molecule has 0 unspecified atom stereocenters. The first-order valence-corrected chi connectivity index (χ1v) is 9.20. The Kier molecular flexibility index (Phi) is 5.50. The predicted octanol–water partition coefficient (Wildman–Crippen LogP) is 2.35. The zero-order chi connectivity index (χ0) is 19.7. The number of halogens is 2. The van der Waals surface area contributed by atoms with Crippen molar-refractivity contribution in [3.8, 4) is 11.6 Å². The average Bonchev–Trinajstić information content (AvgIpc) is 2.93. The molecule has 1 aromatic carbocycles. The molecule has 3 rings (SSSR count). The Morgan fingerprint density at radius 1 is 1.41 bits per heavy atom. The van der Waals surface area contributed by atoms with Gasteiger partial charge in [0.1, 0.15) is 12.4 Å². The zero-order valence-corrected chi connectivity index (χ0v) is 16.4. The fraction of sp³-hybridized carbons (Fsp3) is 0.389. The molecule has 1 saturated heterocycles. The molecule has 0 saturated carbocycles. The predicted molar refractivity (Wildman–Crippen MR) is 101 cm³/mol. The van der Waals surface area contributed by atoms with Crippen molar-refractivity contribution in [2.45, 2.75) is 25.6 Å². The summed E-state index contributed by atoms with van der Waals surface area (Å²) in [5.41, 5.74) is 5.64. The van der Waals surface area contributed by atoms with Crippen LogP contribution in [0.25, 0.3) is 10.8 Å². The van der Waals surface area contributed by atoms with E-state index in [1.807, 2.05) is 6.92 Å². The highest BCUT2D eigenvalue weighted by Gasteiger charge is 2.41. The van der Waals surface area contributed by atoms with E-state index in [0.29, 0.717) is 27.4 Å². The third-order valence-electron chi connectivity index (χ3n) is 4.73. The molecular weight excluding hydrogens is 421 g/mol. The summed E-state index contributed by atoms with van der Waals surface area (Å²) in [4.78, 5) is 27.5. The number of ether oxygens (including phenoxy) is 2. The zero-order valence-electron chi connectivity index (χ0n) is 14.8. The second kappa shape index (κ2) is 7.67. The van der Waals surface area contributed by atoms with Gasteiger partial charge >= 0.3 is 0 Å². The molecule has 27 heavy (non-hydrogen) atoms. The summed E-state index contributed by atoms with van der Waals surface area (Å²) < 4.78 is 25.6. The van der Waals surface area contributed by atoms with Crippen LogP contribution in [-0.2, 0) is 4.79 Å². The third-order valence-corrected chi connectivity index (χ3v) is 5.36. The number of pyridine rings is 1. The number of aromatic nitrogens is 1. The number of fused-ring (bicyclic) bond motifs is 1. The Balaban J connectivity index is 1.94. The number of alkyl halides is 1.